The van der Waals surface area contributed by atoms with Crippen molar-refractivity contribution < 1.29 is 0 Å². The fraction of sp³-hybridized carbons (Fsp3) is 0.118. The molecule has 3 aromatic rings. The van der Waals surface area contributed by atoms with Crippen LogP contribution in [-0.4, -0.2) is 19.1 Å². The van der Waals surface area contributed by atoms with Crippen LogP contribution in [0.1, 0.15) is 0 Å². The monoisotopic (exact) mass is 326 g/mol. The third-order valence-electron chi connectivity index (χ3n) is 3.28. The van der Waals surface area contributed by atoms with Gasteiger partial charge in [0.1, 0.15) is 5.82 Å². The van der Waals surface area contributed by atoms with Crippen molar-refractivity contribution in [2.45, 2.75) is 0 Å². The number of hydrogen-bond acceptors (Lipinski definition) is 2. The molecule has 0 saturated heterocycles. The number of benzene rings is 2. The average molecular weight is 327 g/mol. The molecule has 0 saturated carbocycles. The molecule has 20 heavy (non-hydrogen) atoms. The summed E-state index contributed by atoms with van der Waals surface area (Å²) in [6.07, 6.45) is 0. The highest BCUT2D eigenvalue weighted by atomic mass is 79.9. The molecule has 0 aliphatic heterocycles. The van der Waals surface area contributed by atoms with E-state index in [0.29, 0.717) is 0 Å². The zero-order chi connectivity index (χ0) is 14.1. The molecule has 0 atom stereocenters. The first kappa shape index (κ1) is 13.1. The van der Waals surface area contributed by atoms with Crippen LogP contribution in [0.2, 0.25) is 0 Å². The van der Waals surface area contributed by atoms with Gasteiger partial charge in [0.15, 0.2) is 0 Å². The highest BCUT2D eigenvalue weighted by Crippen LogP contribution is 2.29. The minimum Gasteiger partial charge on any atom is -0.362 e. The van der Waals surface area contributed by atoms with E-state index in [1.807, 2.05) is 26.2 Å². The maximum Gasteiger partial charge on any atom is 0.136 e. The maximum atomic E-state index is 4.81. The largest absolute Gasteiger partial charge is 0.362 e. The summed E-state index contributed by atoms with van der Waals surface area (Å²) in [6.45, 7) is 0. The highest BCUT2D eigenvalue weighted by Gasteiger charge is 2.08. The van der Waals surface area contributed by atoms with Crippen molar-refractivity contribution in [1.29, 1.82) is 0 Å². The quantitative estimate of drug-likeness (QED) is 0.676. The van der Waals surface area contributed by atoms with Crippen LogP contribution in [-0.2, 0) is 0 Å². The molecule has 0 unspecified atom stereocenters. The van der Waals surface area contributed by atoms with Crippen LogP contribution in [0.15, 0.2) is 59.1 Å². The summed E-state index contributed by atoms with van der Waals surface area (Å²) >= 11 is 3.47. The molecule has 100 valence electrons. The van der Waals surface area contributed by atoms with Gasteiger partial charge in [-0.2, -0.15) is 0 Å². The van der Waals surface area contributed by atoms with Crippen molar-refractivity contribution in [3.8, 4) is 11.3 Å². The number of aromatic nitrogens is 1. The van der Waals surface area contributed by atoms with E-state index in [4.69, 9.17) is 4.98 Å². The van der Waals surface area contributed by atoms with Crippen LogP contribution in [0.4, 0.5) is 5.82 Å². The van der Waals surface area contributed by atoms with Crippen molar-refractivity contribution in [3.63, 3.8) is 0 Å². The van der Waals surface area contributed by atoms with Gasteiger partial charge < -0.3 is 4.90 Å². The zero-order valence-electron chi connectivity index (χ0n) is 11.5. The summed E-state index contributed by atoms with van der Waals surface area (Å²) in [5, 5.41) is 2.39. The van der Waals surface area contributed by atoms with Crippen LogP contribution >= 0.6 is 15.9 Å². The molecule has 0 fully saturated rings. The summed E-state index contributed by atoms with van der Waals surface area (Å²) in [5.74, 6) is 1.00. The Morgan fingerprint density at radius 2 is 1.65 bits per heavy atom. The lowest BCUT2D eigenvalue weighted by atomic mass is 10.1. The number of nitrogens with zero attached hydrogens (tertiary/aromatic N) is 2. The van der Waals surface area contributed by atoms with Crippen LogP contribution in [0, 0.1) is 0 Å². The van der Waals surface area contributed by atoms with Gasteiger partial charge in [0.25, 0.3) is 0 Å². The van der Waals surface area contributed by atoms with Crippen LogP contribution in [0.25, 0.3) is 22.0 Å². The molecule has 0 bridgehead atoms. The number of rotatable bonds is 2. The summed E-state index contributed by atoms with van der Waals surface area (Å²) in [7, 11) is 4.06. The molecule has 2 nitrogen and oxygen atoms in total. The van der Waals surface area contributed by atoms with Gasteiger partial charge in [0.2, 0.25) is 0 Å². The van der Waals surface area contributed by atoms with Gasteiger partial charge in [-0.1, -0.05) is 52.3 Å². The molecular formula is C17H15BrN2. The normalized spacial score (nSPS) is 10.8. The lowest BCUT2D eigenvalue weighted by molar-refractivity contribution is 1.08. The first-order valence-electron chi connectivity index (χ1n) is 6.48. The van der Waals surface area contributed by atoms with Gasteiger partial charge in [0.05, 0.1) is 5.69 Å². The third-order valence-corrected chi connectivity index (χ3v) is 3.81. The first-order chi connectivity index (χ1) is 9.65. The summed E-state index contributed by atoms with van der Waals surface area (Å²) in [5.41, 5.74) is 2.13. The molecule has 0 spiro atoms. The molecule has 2 aromatic carbocycles. The number of pyridine rings is 1. The molecule has 3 heteroatoms. The second kappa shape index (κ2) is 5.25. The number of halogens is 1. The topological polar surface area (TPSA) is 16.1 Å². The molecule has 1 aromatic heterocycles. The Bertz CT molecular complexity index is 749. The molecule has 0 aliphatic carbocycles. The molecule has 0 radical (unpaired) electrons. The fourth-order valence-corrected chi connectivity index (χ4v) is 2.55. The second-order valence-corrected chi connectivity index (χ2v) is 5.87. The Morgan fingerprint density at radius 1 is 0.950 bits per heavy atom. The van der Waals surface area contributed by atoms with E-state index >= 15 is 0 Å². The number of hydrogen-bond donors (Lipinski definition) is 0. The van der Waals surface area contributed by atoms with Crippen molar-refractivity contribution in [2.75, 3.05) is 19.0 Å². The van der Waals surface area contributed by atoms with Gasteiger partial charge in [-0.05, 0) is 23.6 Å². The Morgan fingerprint density at radius 3 is 2.35 bits per heavy atom. The van der Waals surface area contributed by atoms with E-state index in [2.05, 4.69) is 63.3 Å². The van der Waals surface area contributed by atoms with Gasteiger partial charge in [-0.3, -0.25) is 0 Å². The smallest absolute Gasteiger partial charge is 0.136 e. The summed E-state index contributed by atoms with van der Waals surface area (Å²) in [4.78, 5) is 6.87. The lowest BCUT2D eigenvalue weighted by Crippen LogP contribution is -2.11. The van der Waals surface area contributed by atoms with E-state index in [1.54, 1.807) is 0 Å². The van der Waals surface area contributed by atoms with Gasteiger partial charge in [-0.15, -0.1) is 0 Å². The Balaban J connectivity index is 2.24. The molecule has 0 amide bonds. The van der Waals surface area contributed by atoms with Crippen molar-refractivity contribution >= 4 is 32.5 Å². The van der Waals surface area contributed by atoms with E-state index in [9.17, 15) is 0 Å². The predicted octanol–water partition coefficient (Wildman–Crippen LogP) is 4.73. The van der Waals surface area contributed by atoms with E-state index in [1.165, 1.54) is 10.8 Å². The van der Waals surface area contributed by atoms with Crippen molar-refractivity contribution in [3.05, 3.63) is 59.1 Å². The third kappa shape index (κ3) is 2.41. The molecule has 1 heterocycles. The first-order valence-corrected chi connectivity index (χ1v) is 7.27. The Hall–Kier alpha value is -1.87. The summed E-state index contributed by atoms with van der Waals surface area (Å²) < 4.78 is 1.08. The van der Waals surface area contributed by atoms with E-state index < -0.39 is 0 Å². The van der Waals surface area contributed by atoms with Crippen LogP contribution in [0.5, 0.6) is 0 Å². The van der Waals surface area contributed by atoms with Crippen molar-refractivity contribution in [2.24, 2.45) is 0 Å². The molecule has 0 aliphatic rings. The van der Waals surface area contributed by atoms with Crippen LogP contribution < -0.4 is 4.90 Å². The minimum absolute atomic E-state index is 1.000. The Kier molecular flexibility index (Phi) is 3.45. The molecular weight excluding hydrogens is 312 g/mol. The van der Waals surface area contributed by atoms with Crippen LogP contribution in [0.3, 0.4) is 0 Å². The summed E-state index contributed by atoms with van der Waals surface area (Å²) in [6, 6.07) is 18.8. The maximum absolute atomic E-state index is 4.81. The highest BCUT2D eigenvalue weighted by molar-refractivity contribution is 9.10. The van der Waals surface area contributed by atoms with Gasteiger partial charge in [-0.25, -0.2) is 4.98 Å². The van der Waals surface area contributed by atoms with Gasteiger partial charge in [0, 0.05) is 29.5 Å². The van der Waals surface area contributed by atoms with E-state index in [-0.39, 0.29) is 0 Å². The number of fused-ring (bicyclic) bond motifs is 1. The lowest BCUT2D eigenvalue weighted by Gasteiger charge is -2.16. The number of anilines is 1. The van der Waals surface area contributed by atoms with E-state index in [0.717, 1.165) is 21.5 Å². The predicted molar refractivity (Wildman–Crippen MR) is 89.2 cm³/mol. The minimum atomic E-state index is 1.000. The standard InChI is InChI=1S/C17H15BrN2/c1-20(2)17-15-6-4-3-5-13(15)11-16(19-17)12-7-9-14(18)10-8-12/h3-11H,1-2H3. The SMILES string of the molecule is CN(C)c1nc(-c2ccc(Br)cc2)cc2ccccc12. The Labute approximate surface area is 127 Å². The van der Waals surface area contributed by atoms with Crippen molar-refractivity contribution in [1.82, 2.24) is 4.98 Å². The molecule has 3 rings (SSSR count). The average Bonchev–Trinajstić information content (AvgIpc) is 2.46. The molecule has 0 N–H and O–H groups in total. The van der Waals surface area contributed by atoms with Gasteiger partial charge >= 0.3 is 0 Å². The zero-order valence-corrected chi connectivity index (χ0v) is 13.1. The fourth-order valence-electron chi connectivity index (χ4n) is 2.29. The second-order valence-electron chi connectivity index (χ2n) is 4.95.